The van der Waals surface area contributed by atoms with Gasteiger partial charge in [-0.3, -0.25) is 0 Å². The van der Waals surface area contributed by atoms with Gasteiger partial charge < -0.3 is 10.0 Å². The quantitative estimate of drug-likeness (QED) is 0.784. The van der Waals surface area contributed by atoms with Crippen LogP contribution in [0.15, 0.2) is 42.1 Å². The average molecular weight is 216 g/mol. The summed E-state index contributed by atoms with van der Waals surface area (Å²) < 4.78 is 0. The zero-order chi connectivity index (χ0) is 12.0. The Balaban J connectivity index is 2.66. The second-order valence-electron chi connectivity index (χ2n) is 3.76. The van der Waals surface area contributed by atoms with E-state index in [9.17, 15) is 5.11 Å². The van der Waals surface area contributed by atoms with Gasteiger partial charge in [0.05, 0.1) is 6.10 Å². The molecule has 1 rings (SSSR count). The number of aliphatic hydroxyl groups is 1. The fourth-order valence-electron chi connectivity index (χ4n) is 1.36. The summed E-state index contributed by atoms with van der Waals surface area (Å²) in [5.41, 5.74) is 1.43. The highest BCUT2D eigenvalue weighted by Crippen LogP contribution is 2.17. The summed E-state index contributed by atoms with van der Waals surface area (Å²) in [4.78, 5) is 1.73. The van der Waals surface area contributed by atoms with Gasteiger partial charge in [0.25, 0.3) is 0 Å². The van der Waals surface area contributed by atoms with Crippen LogP contribution in [-0.2, 0) is 0 Å². The van der Waals surface area contributed by atoms with E-state index in [1.807, 2.05) is 44.4 Å². The second kappa shape index (κ2) is 5.94. The van der Waals surface area contributed by atoms with E-state index in [1.165, 1.54) is 0 Å². The van der Waals surface area contributed by atoms with Crippen molar-refractivity contribution in [1.29, 1.82) is 5.26 Å². The van der Waals surface area contributed by atoms with Gasteiger partial charge in [0.15, 0.2) is 0 Å². The van der Waals surface area contributed by atoms with Gasteiger partial charge in [-0.25, -0.2) is 0 Å². The number of hydrogen-bond acceptors (Lipinski definition) is 3. The predicted octanol–water partition coefficient (Wildman–Crippen LogP) is 2.08. The standard InChI is InChI=1S/C13H16N2O/c1-15(2)12(10-14)8-9-13(16)11-6-4-3-5-7-11/h3-8,13,16H,9H2,1-2H3/b12-8+. The van der Waals surface area contributed by atoms with Crippen LogP contribution in [0.2, 0.25) is 0 Å². The summed E-state index contributed by atoms with van der Waals surface area (Å²) in [7, 11) is 3.62. The Morgan fingerprint density at radius 3 is 2.56 bits per heavy atom. The molecule has 3 nitrogen and oxygen atoms in total. The summed E-state index contributed by atoms with van der Waals surface area (Å²) in [5, 5.41) is 18.7. The molecule has 1 atom stereocenters. The predicted molar refractivity (Wildman–Crippen MR) is 63.4 cm³/mol. The van der Waals surface area contributed by atoms with Crippen LogP contribution in [0.5, 0.6) is 0 Å². The zero-order valence-electron chi connectivity index (χ0n) is 9.59. The molecule has 1 aromatic carbocycles. The number of nitrogens with zero attached hydrogens (tertiary/aromatic N) is 2. The van der Waals surface area contributed by atoms with Crippen molar-refractivity contribution in [3.8, 4) is 6.07 Å². The highest BCUT2D eigenvalue weighted by Gasteiger charge is 2.06. The molecule has 0 bridgehead atoms. The molecule has 1 aromatic rings. The monoisotopic (exact) mass is 216 g/mol. The van der Waals surface area contributed by atoms with Crippen LogP contribution in [0, 0.1) is 11.3 Å². The summed E-state index contributed by atoms with van der Waals surface area (Å²) in [6.07, 6.45) is 1.65. The molecular formula is C13H16N2O. The van der Waals surface area contributed by atoms with E-state index in [4.69, 9.17) is 5.26 Å². The third-order valence-corrected chi connectivity index (χ3v) is 2.32. The Hall–Kier alpha value is -1.79. The van der Waals surface area contributed by atoms with Crippen LogP contribution in [0.25, 0.3) is 0 Å². The molecule has 0 radical (unpaired) electrons. The fraction of sp³-hybridized carbons (Fsp3) is 0.308. The molecule has 0 aliphatic heterocycles. The van der Waals surface area contributed by atoms with Crippen molar-refractivity contribution in [2.75, 3.05) is 14.1 Å². The lowest BCUT2D eigenvalue weighted by molar-refractivity contribution is 0.181. The lowest BCUT2D eigenvalue weighted by Gasteiger charge is -2.12. The first-order valence-corrected chi connectivity index (χ1v) is 5.15. The highest BCUT2D eigenvalue weighted by molar-refractivity contribution is 5.21. The molecule has 0 aliphatic rings. The second-order valence-corrected chi connectivity index (χ2v) is 3.76. The third kappa shape index (κ3) is 3.41. The maximum atomic E-state index is 9.87. The van der Waals surface area contributed by atoms with E-state index in [-0.39, 0.29) is 0 Å². The minimum absolute atomic E-state index is 0.449. The highest BCUT2D eigenvalue weighted by atomic mass is 16.3. The van der Waals surface area contributed by atoms with Crippen LogP contribution in [0.4, 0.5) is 0 Å². The van der Waals surface area contributed by atoms with E-state index in [1.54, 1.807) is 11.0 Å². The normalized spacial score (nSPS) is 13.0. The molecule has 0 aliphatic carbocycles. The number of aliphatic hydroxyl groups excluding tert-OH is 1. The first kappa shape index (κ1) is 12.3. The third-order valence-electron chi connectivity index (χ3n) is 2.32. The maximum absolute atomic E-state index is 9.87. The molecule has 0 heterocycles. The van der Waals surface area contributed by atoms with E-state index >= 15 is 0 Å². The number of benzene rings is 1. The van der Waals surface area contributed by atoms with Gasteiger partial charge in [-0.2, -0.15) is 5.26 Å². The fourth-order valence-corrected chi connectivity index (χ4v) is 1.36. The van der Waals surface area contributed by atoms with Gasteiger partial charge in [0.1, 0.15) is 11.8 Å². The minimum atomic E-state index is -0.551. The summed E-state index contributed by atoms with van der Waals surface area (Å²) in [6.45, 7) is 0. The Labute approximate surface area is 96.2 Å². The molecule has 1 N–H and O–H groups in total. The van der Waals surface area contributed by atoms with Crippen LogP contribution < -0.4 is 0 Å². The number of allylic oxidation sites excluding steroid dienone is 1. The van der Waals surface area contributed by atoms with Gasteiger partial charge in [-0.05, 0) is 18.1 Å². The summed E-state index contributed by atoms with van der Waals surface area (Å²) in [6, 6.07) is 11.5. The topological polar surface area (TPSA) is 47.3 Å². The maximum Gasteiger partial charge on any atom is 0.117 e. The lowest BCUT2D eigenvalue weighted by atomic mass is 10.1. The molecular weight excluding hydrogens is 200 g/mol. The summed E-state index contributed by atoms with van der Waals surface area (Å²) in [5.74, 6) is 0. The Bertz CT molecular complexity index is 390. The molecule has 0 amide bonds. The van der Waals surface area contributed by atoms with Crippen molar-refractivity contribution in [2.45, 2.75) is 12.5 Å². The minimum Gasteiger partial charge on any atom is -0.388 e. The molecule has 0 spiro atoms. The van der Waals surface area contributed by atoms with E-state index in [0.717, 1.165) is 5.56 Å². The SMILES string of the molecule is CN(C)/C(C#N)=C/CC(O)c1ccccc1. The first-order valence-electron chi connectivity index (χ1n) is 5.15. The van der Waals surface area contributed by atoms with Crippen molar-refractivity contribution in [3.05, 3.63) is 47.7 Å². The molecule has 0 saturated heterocycles. The molecule has 3 heteroatoms. The van der Waals surface area contributed by atoms with Gasteiger partial charge in [-0.1, -0.05) is 30.3 Å². The Morgan fingerprint density at radius 1 is 1.44 bits per heavy atom. The molecule has 16 heavy (non-hydrogen) atoms. The van der Waals surface area contributed by atoms with Crippen molar-refractivity contribution in [1.82, 2.24) is 4.90 Å². The van der Waals surface area contributed by atoms with E-state index in [0.29, 0.717) is 12.1 Å². The van der Waals surface area contributed by atoms with Crippen molar-refractivity contribution >= 4 is 0 Å². The average Bonchev–Trinajstić information content (AvgIpc) is 2.30. The van der Waals surface area contributed by atoms with Crippen molar-refractivity contribution in [3.63, 3.8) is 0 Å². The zero-order valence-corrected chi connectivity index (χ0v) is 9.59. The van der Waals surface area contributed by atoms with Gasteiger partial charge in [-0.15, -0.1) is 0 Å². The van der Waals surface area contributed by atoms with Crippen LogP contribution in [0.3, 0.4) is 0 Å². The Morgan fingerprint density at radius 2 is 2.06 bits per heavy atom. The van der Waals surface area contributed by atoms with Crippen LogP contribution in [0.1, 0.15) is 18.1 Å². The van der Waals surface area contributed by atoms with Crippen molar-refractivity contribution in [2.24, 2.45) is 0 Å². The number of nitriles is 1. The first-order chi connectivity index (χ1) is 7.65. The summed E-state index contributed by atoms with van der Waals surface area (Å²) >= 11 is 0. The van der Waals surface area contributed by atoms with E-state index in [2.05, 4.69) is 6.07 Å². The van der Waals surface area contributed by atoms with Crippen LogP contribution >= 0.6 is 0 Å². The molecule has 0 aromatic heterocycles. The van der Waals surface area contributed by atoms with Crippen molar-refractivity contribution < 1.29 is 5.11 Å². The van der Waals surface area contributed by atoms with Gasteiger partial charge in [0.2, 0.25) is 0 Å². The van der Waals surface area contributed by atoms with Gasteiger partial charge >= 0.3 is 0 Å². The number of rotatable bonds is 4. The smallest absolute Gasteiger partial charge is 0.117 e. The lowest BCUT2D eigenvalue weighted by Crippen LogP contribution is -2.09. The molecule has 0 saturated carbocycles. The molecule has 1 unspecified atom stereocenters. The Kier molecular flexibility index (Phi) is 4.56. The molecule has 84 valence electrons. The van der Waals surface area contributed by atoms with Crippen LogP contribution in [-0.4, -0.2) is 24.1 Å². The largest absolute Gasteiger partial charge is 0.388 e. The van der Waals surface area contributed by atoms with Gasteiger partial charge in [0, 0.05) is 14.1 Å². The van der Waals surface area contributed by atoms with E-state index < -0.39 is 6.10 Å². The molecule has 0 fully saturated rings. The number of hydrogen-bond donors (Lipinski definition) is 1.